The number of aliphatic hydroxyl groups excluding tert-OH is 2. The molecule has 0 aromatic heterocycles. The Balaban J connectivity index is 0. The summed E-state index contributed by atoms with van der Waals surface area (Å²) in [6.45, 7) is 1.67. The first-order valence-electron chi connectivity index (χ1n) is 4.81. The summed E-state index contributed by atoms with van der Waals surface area (Å²) in [6, 6.07) is -0.507. The predicted octanol–water partition coefficient (Wildman–Crippen LogP) is -2.46. The molecule has 4 N–H and O–H groups in total. The van der Waals surface area contributed by atoms with Gasteiger partial charge in [-0.2, -0.15) is 0 Å². The van der Waals surface area contributed by atoms with Crippen LogP contribution in [0.15, 0.2) is 4.99 Å². The van der Waals surface area contributed by atoms with Crippen LogP contribution in [-0.4, -0.2) is 61.0 Å². The number of hydrogen-bond acceptors (Lipinski definition) is 6. The molecule has 2 amide bonds. The minimum Gasteiger partial charge on any atom is -0.394 e. The third-order valence-corrected chi connectivity index (χ3v) is 1.41. The fraction of sp³-hybridized carbons (Fsp3) is 0.667. The van der Waals surface area contributed by atoms with Crippen molar-refractivity contribution >= 4 is 18.4 Å². The molecule has 0 saturated heterocycles. The summed E-state index contributed by atoms with van der Waals surface area (Å²) in [4.78, 5) is 32.4. The van der Waals surface area contributed by atoms with Crippen LogP contribution in [0.1, 0.15) is 6.92 Å². The smallest absolute Gasteiger partial charge is 0.235 e. The number of amides is 2. The highest BCUT2D eigenvalue weighted by atomic mass is 16.3. The van der Waals surface area contributed by atoms with E-state index in [1.807, 2.05) is 0 Å². The summed E-state index contributed by atoms with van der Waals surface area (Å²) >= 11 is 0. The molecule has 0 aliphatic rings. The SMILES string of the molecule is CC(=O)NCCN=C=O.O=CNC(CO)CO. The molecule has 0 radical (unpaired) electrons. The number of carbonyl (C=O) groups is 2. The molecule has 0 aliphatic heterocycles. The average molecular weight is 247 g/mol. The third-order valence-electron chi connectivity index (χ3n) is 1.41. The minimum atomic E-state index is -0.507. The highest BCUT2D eigenvalue weighted by Crippen LogP contribution is 1.73. The first kappa shape index (κ1) is 17.6. The first-order valence-corrected chi connectivity index (χ1v) is 4.81. The highest BCUT2D eigenvalue weighted by molar-refractivity contribution is 5.72. The lowest BCUT2D eigenvalue weighted by atomic mass is 10.3. The van der Waals surface area contributed by atoms with Gasteiger partial charge in [-0.15, -0.1) is 0 Å². The van der Waals surface area contributed by atoms with Gasteiger partial charge in [0, 0.05) is 13.5 Å². The second kappa shape index (κ2) is 14.2. The fourth-order valence-corrected chi connectivity index (χ4v) is 0.593. The van der Waals surface area contributed by atoms with Crippen molar-refractivity contribution < 1.29 is 24.6 Å². The Morgan fingerprint density at radius 2 is 2.06 bits per heavy atom. The molecule has 0 spiro atoms. The number of aliphatic hydroxyl groups is 2. The molecule has 0 saturated carbocycles. The Hall–Kier alpha value is -1.76. The number of isocyanates is 1. The molecule has 17 heavy (non-hydrogen) atoms. The fourth-order valence-electron chi connectivity index (χ4n) is 0.593. The van der Waals surface area contributed by atoms with Gasteiger partial charge >= 0.3 is 0 Å². The maximum absolute atomic E-state index is 10.2. The predicted molar refractivity (Wildman–Crippen MR) is 58.8 cm³/mol. The zero-order chi connectivity index (χ0) is 13.5. The molecule has 0 aromatic carbocycles. The van der Waals surface area contributed by atoms with E-state index in [1.165, 1.54) is 13.0 Å². The van der Waals surface area contributed by atoms with Crippen LogP contribution in [0.5, 0.6) is 0 Å². The summed E-state index contributed by atoms with van der Waals surface area (Å²) in [7, 11) is 0. The molecule has 0 fully saturated rings. The van der Waals surface area contributed by atoms with Crippen molar-refractivity contribution in [1.82, 2.24) is 10.6 Å². The van der Waals surface area contributed by atoms with E-state index >= 15 is 0 Å². The summed E-state index contributed by atoms with van der Waals surface area (Å²) in [5.74, 6) is -0.115. The number of carbonyl (C=O) groups excluding carboxylic acids is 3. The monoisotopic (exact) mass is 247 g/mol. The molecule has 0 aliphatic carbocycles. The van der Waals surface area contributed by atoms with Crippen molar-refractivity contribution in [2.45, 2.75) is 13.0 Å². The summed E-state index contributed by atoms with van der Waals surface area (Å²) in [5, 5.41) is 21.2. The Bertz CT molecular complexity index is 247. The summed E-state index contributed by atoms with van der Waals surface area (Å²) in [6.07, 6.45) is 1.81. The number of aliphatic imine (C=N–C) groups is 1. The summed E-state index contributed by atoms with van der Waals surface area (Å²) in [5.41, 5.74) is 0. The third kappa shape index (κ3) is 16.9. The van der Waals surface area contributed by atoms with E-state index in [0.29, 0.717) is 19.5 Å². The Morgan fingerprint density at radius 3 is 2.35 bits per heavy atom. The molecule has 0 rings (SSSR count). The topological polar surface area (TPSA) is 128 Å². The highest BCUT2D eigenvalue weighted by Gasteiger charge is 1.99. The van der Waals surface area contributed by atoms with Crippen LogP contribution in [0.4, 0.5) is 0 Å². The Labute approximate surface area is 98.7 Å². The molecular formula is C9H17N3O5. The van der Waals surface area contributed by atoms with E-state index in [9.17, 15) is 14.4 Å². The minimum absolute atomic E-state index is 0.115. The van der Waals surface area contributed by atoms with Gasteiger partial charge in [-0.1, -0.05) is 0 Å². The van der Waals surface area contributed by atoms with Gasteiger partial charge in [-0.25, -0.2) is 9.79 Å². The van der Waals surface area contributed by atoms with Gasteiger partial charge in [0.1, 0.15) is 0 Å². The van der Waals surface area contributed by atoms with Crippen molar-refractivity contribution in [2.24, 2.45) is 4.99 Å². The van der Waals surface area contributed by atoms with E-state index < -0.39 is 6.04 Å². The lowest BCUT2D eigenvalue weighted by molar-refractivity contribution is -0.118. The van der Waals surface area contributed by atoms with Crippen LogP contribution in [0.3, 0.4) is 0 Å². The molecule has 0 atom stereocenters. The van der Waals surface area contributed by atoms with Gasteiger partial charge in [0.25, 0.3) is 0 Å². The van der Waals surface area contributed by atoms with Crippen molar-refractivity contribution in [3.05, 3.63) is 0 Å². The Morgan fingerprint density at radius 1 is 1.47 bits per heavy atom. The van der Waals surface area contributed by atoms with E-state index in [4.69, 9.17) is 10.2 Å². The van der Waals surface area contributed by atoms with E-state index in [-0.39, 0.29) is 19.1 Å². The second-order valence-electron chi connectivity index (χ2n) is 2.80. The largest absolute Gasteiger partial charge is 0.394 e. The van der Waals surface area contributed by atoms with Crippen LogP contribution >= 0.6 is 0 Å². The quantitative estimate of drug-likeness (QED) is 0.172. The van der Waals surface area contributed by atoms with E-state index in [0.717, 1.165) is 0 Å². The molecule has 0 aromatic rings. The van der Waals surface area contributed by atoms with E-state index in [1.54, 1.807) is 0 Å². The molecule has 8 nitrogen and oxygen atoms in total. The average Bonchev–Trinajstić information content (AvgIpc) is 2.32. The van der Waals surface area contributed by atoms with Gasteiger partial charge in [-0.05, 0) is 0 Å². The van der Waals surface area contributed by atoms with Gasteiger partial charge in [0.2, 0.25) is 18.4 Å². The van der Waals surface area contributed by atoms with Crippen molar-refractivity contribution in [2.75, 3.05) is 26.3 Å². The van der Waals surface area contributed by atoms with Crippen molar-refractivity contribution in [3.63, 3.8) is 0 Å². The standard InChI is InChI=1S/C5H8N2O2.C4H9NO3/c1-5(9)7-3-2-6-4-8;6-1-4(2-7)5-3-8/h2-3H2,1H3,(H,7,9);3-4,6-7H,1-2H2,(H,5,8). The van der Waals surface area contributed by atoms with E-state index in [2.05, 4.69) is 15.6 Å². The van der Waals surface area contributed by atoms with Crippen LogP contribution in [0.2, 0.25) is 0 Å². The second-order valence-corrected chi connectivity index (χ2v) is 2.80. The number of nitrogens with one attached hydrogen (secondary N) is 2. The van der Waals surface area contributed by atoms with Crippen LogP contribution in [-0.2, 0) is 14.4 Å². The normalized spacial score (nSPS) is 8.47. The summed E-state index contributed by atoms with van der Waals surface area (Å²) < 4.78 is 0. The number of nitrogens with zero attached hydrogens (tertiary/aromatic N) is 1. The maximum Gasteiger partial charge on any atom is 0.235 e. The van der Waals surface area contributed by atoms with Gasteiger partial charge in [0.05, 0.1) is 25.8 Å². The van der Waals surface area contributed by atoms with Crippen LogP contribution in [0, 0.1) is 0 Å². The maximum atomic E-state index is 10.2. The molecule has 98 valence electrons. The lowest BCUT2D eigenvalue weighted by Gasteiger charge is -2.06. The molecular weight excluding hydrogens is 230 g/mol. The zero-order valence-electron chi connectivity index (χ0n) is 9.55. The lowest BCUT2D eigenvalue weighted by Crippen LogP contribution is -2.34. The zero-order valence-corrected chi connectivity index (χ0v) is 9.55. The molecule has 0 bridgehead atoms. The Kier molecular flexibility index (Phi) is 14.8. The van der Waals surface area contributed by atoms with Gasteiger partial charge in [-0.3, -0.25) is 9.59 Å². The van der Waals surface area contributed by atoms with Gasteiger partial charge in [0.15, 0.2) is 0 Å². The van der Waals surface area contributed by atoms with Crippen molar-refractivity contribution in [3.8, 4) is 0 Å². The molecule has 0 unspecified atom stereocenters. The van der Waals surface area contributed by atoms with Gasteiger partial charge < -0.3 is 20.8 Å². The van der Waals surface area contributed by atoms with Crippen LogP contribution < -0.4 is 10.6 Å². The first-order chi connectivity index (χ1) is 8.12. The molecule has 8 heteroatoms. The number of hydrogen-bond donors (Lipinski definition) is 4. The number of rotatable bonds is 7. The molecule has 0 heterocycles. The van der Waals surface area contributed by atoms with Crippen molar-refractivity contribution in [1.29, 1.82) is 0 Å². The van der Waals surface area contributed by atoms with Crippen LogP contribution in [0.25, 0.3) is 0 Å².